The molecule has 0 atom stereocenters. The van der Waals surface area contributed by atoms with Crippen molar-refractivity contribution >= 4 is 68.6 Å². The van der Waals surface area contributed by atoms with E-state index in [1.165, 1.54) is 11.8 Å². The Bertz CT molecular complexity index is 1360. The third-order valence-electron chi connectivity index (χ3n) is 5.21. The number of aryl methyl sites for hydroxylation is 1. The van der Waals surface area contributed by atoms with Crippen LogP contribution in [0.15, 0.2) is 65.6 Å². The van der Waals surface area contributed by atoms with Gasteiger partial charge in [0.1, 0.15) is 6.61 Å². The molecule has 0 spiro atoms. The summed E-state index contributed by atoms with van der Waals surface area (Å²) in [5, 5.41) is 9.31. The first kappa shape index (κ1) is 24.3. The Labute approximate surface area is 221 Å². The van der Waals surface area contributed by atoms with Gasteiger partial charge in [0, 0.05) is 5.56 Å². The molecule has 3 aromatic rings. The quantitative estimate of drug-likeness (QED) is 0.184. The summed E-state index contributed by atoms with van der Waals surface area (Å²) < 4.78 is 12.9. The summed E-state index contributed by atoms with van der Waals surface area (Å²) in [6.45, 7) is 2.20. The van der Waals surface area contributed by atoms with Gasteiger partial charge in [-0.15, -0.1) is 0 Å². The van der Waals surface area contributed by atoms with Gasteiger partial charge in [0.25, 0.3) is 5.91 Å². The minimum Gasteiger partial charge on any atom is -0.493 e. The largest absolute Gasteiger partial charge is 0.493 e. The second kappa shape index (κ2) is 10.6. The highest BCUT2D eigenvalue weighted by atomic mass is 127. The molecule has 0 unspecified atom stereocenters. The number of methoxy groups -OCH3 is 1. The lowest BCUT2D eigenvalue weighted by atomic mass is 10.1. The van der Waals surface area contributed by atoms with Crippen LogP contribution in [-0.4, -0.2) is 17.3 Å². The molecule has 34 heavy (non-hydrogen) atoms. The van der Waals surface area contributed by atoms with E-state index in [9.17, 15) is 10.1 Å². The second-order valence-corrected chi connectivity index (χ2v) is 10.2. The maximum Gasteiger partial charge on any atom is 0.270 e. The van der Waals surface area contributed by atoms with Gasteiger partial charge < -0.3 is 9.47 Å². The van der Waals surface area contributed by atoms with Gasteiger partial charge in [0.15, 0.2) is 15.8 Å². The average molecular weight is 598 g/mol. The van der Waals surface area contributed by atoms with Gasteiger partial charge in [0.05, 0.1) is 32.9 Å². The van der Waals surface area contributed by atoms with Crippen molar-refractivity contribution in [1.29, 1.82) is 5.26 Å². The molecule has 4 rings (SSSR count). The first-order valence-electron chi connectivity index (χ1n) is 10.2. The fraction of sp³-hybridized carbons (Fsp3) is 0.115. The van der Waals surface area contributed by atoms with Gasteiger partial charge in [-0.3, -0.25) is 9.69 Å². The van der Waals surface area contributed by atoms with Crippen LogP contribution in [0.4, 0.5) is 5.69 Å². The van der Waals surface area contributed by atoms with Crippen LogP contribution in [0.5, 0.6) is 11.5 Å². The molecule has 1 aliphatic heterocycles. The van der Waals surface area contributed by atoms with E-state index >= 15 is 0 Å². The number of benzene rings is 3. The normalized spacial score (nSPS) is 14.4. The number of para-hydroxylation sites is 1. The lowest BCUT2D eigenvalue weighted by molar-refractivity contribution is -0.113. The Morgan fingerprint density at radius 3 is 2.65 bits per heavy atom. The highest BCUT2D eigenvalue weighted by molar-refractivity contribution is 14.1. The van der Waals surface area contributed by atoms with E-state index in [1.807, 2.05) is 67.6 Å². The Morgan fingerprint density at radius 1 is 1.18 bits per heavy atom. The van der Waals surface area contributed by atoms with Crippen molar-refractivity contribution in [3.05, 3.63) is 91.4 Å². The fourth-order valence-corrected chi connectivity index (χ4v) is 5.58. The summed E-state index contributed by atoms with van der Waals surface area (Å²) >= 11 is 8.97. The number of amides is 1. The van der Waals surface area contributed by atoms with E-state index in [4.69, 9.17) is 21.7 Å². The van der Waals surface area contributed by atoms with Gasteiger partial charge in [-0.1, -0.05) is 60.4 Å². The number of thioether (sulfide) groups is 1. The van der Waals surface area contributed by atoms with E-state index < -0.39 is 0 Å². The van der Waals surface area contributed by atoms with Gasteiger partial charge >= 0.3 is 0 Å². The van der Waals surface area contributed by atoms with Crippen LogP contribution in [-0.2, 0) is 11.4 Å². The van der Waals surface area contributed by atoms with Crippen molar-refractivity contribution in [2.45, 2.75) is 13.5 Å². The minimum atomic E-state index is -0.147. The molecule has 0 saturated carbocycles. The van der Waals surface area contributed by atoms with Gasteiger partial charge in [-0.05, 0) is 71.0 Å². The number of hydrogen-bond donors (Lipinski definition) is 0. The van der Waals surface area contributed by atoms with E-state index in [-0.39, 0.29) is 12.5 Å². The molecule has 5 nitrogen and oxygen atoms in total. The number of anilines is 1. The molecule has 0 bridgehead atoms. The fourth-order valence-electron chi connectivity index (χ4n) is 3.51. The second-order valence-electron chi connectivity index (χ2n) is 7.40. The predicted molar refractivity (Wildman–Crippen MR) is 148 cm³/mol. The first-order chi connectivity index (χ1) is 16.4. The summed E-state index contributed by atoms with van der Waals surface area (Å²) in [7, 11) is 1.57. The van der Waals surface area contributed by atoms with Crippen molar-refractivity contribution in [3.8, 4) is 17.6 Å². The molecular weight excluding hydrogens is 579 g/mol. The van der Waals surface area contributed by atoms with Crippen molar-refractivity contribution in [1.82, 2.24) is 0 Å². The molecular formula is C26H19IN2O3S2. The van der Waals surface area contributed by atoms with Crippen LogP contribution >= 0.6 is 46.6 Å². The van der Waals surface area contributed by atoms with Crippen LogP contribution in [0.25, 0.3) is 6.08 Å². The zero-order chi connectivity index (χ0) is 24.2. The Kier molecular flexibility index (Phi) is 7.56. The number of rotatable bonds is 6. The number of hydrogen-bond acceptors (Lipinski definition) is 6. The van der Waals surface area contributed by atoms with Crippen LogP contribution in [0.3, 0.4) is 0 Å². The Hall–Kier alpha value is -2.87. The van der Waals surface area contributed by atoms with Crippen molar-refractivity contribution in [2.75, 3.05) is 12.0 Å². The molecule has 1 amide bonds. The standard InChI is InChI=1S/C26H19IN2O3S2/c1-16-7-3-6-10-21(16)29-25(30)23(34-26(29)33)13-17-11-20(27)24(22(12-17)31-2)32-15-19-9-5-4-8-18(19)14-28/h3-13H,15H2,1-2H3/b23-13+. The topological polar surface area (TPSA) is 62.6 Å². The van der Waals surface area contributed by atoms with Gasteiger partial charge in [-0.25, -0.2) is 0 Å². The number of nitriles is 1. The van der Waals surface area contributed by atoms with Crippen molar-refractivity contribution in [2.24, 2.45) is 0 Å². The highest BCUT2D eigenvalue weighted by Crippen LogP contribution is 2.39. The summed E-state index contributed by atoms with van der Waals surface area (Å²) in [5.41, 5.74) is 3.95. The van der Waals surface area contributed by atoms with Gasteiger partial charge in [-0.2, -0.15) is 5.26 Å². The molecule has 0 N–H and O–H groups in total. The van der Waals surface area contributed by atoms with E-state index in [0.29, 0.717) is 26.3 Å². The Morgan fingerprint density at radius 2 is 1.91 bits per heavy atom. The molecule has 1 heterocycles. The predicted octanol–water partition coefficient (Wildman–Crippen LogP) is 6.46. The summed E-state index contributed by atoms with van der Waals surface area (Å²) in [5.74, 6) is 0.981. The summed E-state index contributed by atoms with van der Waals surface area (Å²) in [6.07, 6.45) is 1.82. The number of halogens is 1. The SMILES string of the molecule is COc1cc(/C=C2/SC(=S)N(c3ccccc3C)C2=O)cc(I)c1OCc1ccccc1C#N. The molecule has 1 aliphatic rings. The maximum absolute atomic E-state index is 13.2. The monoisotopic (exact) mass is 598 g/mol. The molecule has 8 heteroatoms. The Balaban J connectivity index is 1.60. The molecule has 1 saturated heterocycles. The molecule has 3 aromatic carbocycles. The molecule has 0 aromatic heterocycles. The molecule has 0 aliphatic carbocycles. The number of carbonyl (C=O) groups is 1. The number of thiocarbonyl (C=S) groups is 1. The lowest BCUT2D eigenvalue weighted by Crippen LogP contribution is -2.28. The third-order valence-corrected chi connectivity index (χ3v) is 7.31. The number of ether oxygens (including phenoxy) is 2. The van der Waals surface area contributed by atoms with Crippen molar-refractivity contribution < 1.29 is 14.3 Å². The van der Waals surface area contributed by atoms with Crippen LogP contribution < -0.4 is 14.4 Å². The summed E-state index contributed by atoms with van der Waals surface area (Å²) in [6, 6.07) is 20.9. The van der Waals surface area contributed by atoms with E-state index in [1.54, 1.807) is 18.1 Å². The average Bonchev–Trinajstić information content (AvgIpc) is 3.11. The highest BCUT2D eigenvalue weighted by Gasteiger charge is 2.34. The minimum absolute atomic E-state index is 0.147. The van der Waals surface area contributed by atoms with Crippen LogP contribution in [0, 0.1) is 21.8 Å². The molecule has 0 radical (unpaired) electrons. The lowest BCUT2D eigenvalue weighted by Gasteiger charge is -2.16. The van der Waals surface area contributed by atoms with Crippen molar-refractivity contribution in [3.63, 3.8) is 0 Å². The van der Waals surface area contributed by atoms with E-state index in [2.05, 4.69) is 28.7 Å². The van der Waals surface area contributed by atoms with Crippen LogP contribution in [0.1, 0.15) is 22.3 Å². The first-order valence-corrected chi connectivity index (χ1v) is 12.5. The zero-order valence-electron chi connectivity index (χ0n) is 18.4. The van der Waals surface area contributed by atoms with Crippen LogP contribution in [0.2, 0.25) is 0 Å². The number of carbonyl (C=O) groups excluding carboxylic acids is 1. The van der Waals surface area contributed by atoms with Gasteiger partial charge in [0.2, 0.25) is 0 Å². The smallest absolute Gasteiger partial charge is 0.270 e. The van der Waals surface area contributed by atoms with E-state index in [0.717, 1.165) is 25.9 Å². The maximum atomic E-state index is 13.2. The molecule has 170 valence electrons. The summed E-state index contributed by atoms with van der Waals surface area (Å²) in [4.78, 5) is 15.3. The molecule has 1 fully saturated rings. The number of nitrogens with zero attached hydrogens (tertiary/aromatic N) is 2. The third kappa shape index (κ3) is 4.97. The zero-order valence-corrected chi connectivity index (χ0v) is 22.2.